The van der Waals surface area contributed by atoms with E-state index in [1.807, 2.05) is 0 Å². The minimum absolute atomic E-state index is 0.0917. The summed E-state index contributed by atoms with van der Waals surface area (Å²) in [5, 5.41) is 3.72. The molecule has 0 spiro atoms. The van der Waals surface area contributed by atoms with Gasteiger partial charge in [-0.1, -0.05) is 17.7 Å². The zero-order valence-corrected chi connectivity index (χ0v) is 16.9. The largest absolute Gasteiger partial charge is 0.417 e. The Morgan fingerprint density at radius 2 is 2.03 bits per heavy atom. The number of carbonyl (C=O) groups is 1. The van der Waals surface area contributed by atoms with Crippen molar-refractivity contribution >= 4 is 17.5 Å². The number of amides is 1. The van der Waals surface area contributed by atoms with Gasteiger partial charge in [-0.25, -0.2) is 18.3 Å². The van der Waals surface area contributed by atoms with Crippen molar-refractivity contribution in [1.82, 2.24) is 19.2 Å². The zero-order valence-electron chi connectivity index (χ0n) is 16.1. The summed E-state index contributed by atoms with van der Waals surface area (Å²) in [5.41, 5.74) is -1.52. The third kappa shape index (κ3) is 4.19. The van der Waals surface area contributed by atoms with E-state index in [9.17, 15) is 31.5 Å². The maximum atomic E-state index is 13.5. The van der Waals surface area contributed by atoms with Gasteiger partial charge in [-0.15, -0.1) is 0 Å². The molecular formula is C19H18ClF5N4O2. The van der Waals surface area contributed by atoms with E-state index >= 15 is 0 Å². The smallest absolute Gasteiger partial charge is 0.335 e. The quantitative estimate of drug-likeness (QED) is 0.653. The van der Waals surface area contributed by atoms with Crippen LogP contribution >= 0.6 is 11.6 Å². The lowest BCUT2D eigenvalue weighted by Crippen LogP contribution is -2.42. The monoisotopic (exact) mass is 464 g/mol. The molecule has 12 heteroatoms. The molecule has 2 aliphatic rings. The van der Waals surface area contributed by atoms with Gasteiger partial charge in [0.2, 0.25) is 5.91 Å². The van der Waals surface area contributed by atoms with Crippen LogP contribution in [0.2, 0.25) is 5.02 Å². The van der Waals surface area contributed by atoms with Crippen LogP contribution in [0.25, 0.3) is 0 Å². The van der Waals surface area contributed by atoms with Crippen molar-refractivity contribution in [2.24, 2.45) is 0 Å². The van der Waals surface area contributed by atoms with Crippen molar-refractivity contribution in [2.75, 3.05) is 13.1 Å². The van der Waals surface area contributed by atoms with Crippen LogP contribution in [-0.2, 0) is 23.9 Å². The summed E-state index contributed by atoms with van der Waals surface area (Å²) in [6.45, 7) is -1.03. The van der Waals surface area contributed by atoms with Crippen molar-refractivity contribution in [1.29, 1.82) is 0 Å². The fourth-order valence-electron chi connectivity index (χ4n) is 4.06. The normalized spacial score (nSPS) is 20.7. The van der Waals surface area contributed by atoms with Crippen LogP contribution in [0, 0.1) is 0 Å². The fourth-order valence-corrected chi connectivity index (χ4v) is 4.29. The molecule has 2 aromatic rings. The standard InChI is InChI=1S/C19H18ClF5N4O2/c20-13-5-4-11(8-12(13)19(23,24)25)9-28-17(31)29-14(2-1-3-15(29)26-28)16(30)27-7-6-18(21,22)10-27/h4-5,8,14H,1-3,6-7,9-10H2/t14-/m1/s1. The molecule has 0 unspecified atom stereocenters. The Kier molecular flexibility index (Phi) is 5.35. The number of aryl methyl sites for hydroxylation is 1. The molecule has 1 fully saturated rings. The van der Waals surface area contributed by atoms with E-state index in [-0.39, 0.29) is 18.7 Å². The Labute approximate surface area is 178 Å². The van der Waals surface area contributed by atoms with Gasteiger partial charge in [0.25, 0.3) is 5.92 Å². The first-order valence-corrected chi connectivity index (χ1v) is 10.0. The molecule has 1 atom stereocenters. The summed E-state index contributed by atoms with van der Waals surface area (Å²) in [4.78, 5) is 26.8. The first-order valence-electron chi connectivity index (χ1n) is 9.67. The predicted octanol–water partition coefficient (Wildman–Crippen LogP) is 3.51. The molecule has 1 saturated heterocycles. The molecule has 0 aliphatic carbocycles. The number of fused-ring (bicyclic) bond motifs is 1. The number of likely N-dealkylation sites (tertiary alicyclic amines) is 1. The van der Waals surface area contributed by atoms with Crippen molar-refractivity contribution in [3.63, 3.8) is 0 Å². The number of hydrogen-bond acceptors (Lipinski definition) is 3. The van der Waals surface area contributed by atoms with Gasteiger partial charge in [-0.2, -0.15) is 18.3 Å². The van der Waals surface area contributed by atoms with Gasteiger partial charge < -0.3 is 4.90 Å². The van der Waals surface area contributed by atoms with Gasteiger partial charge in [-0.3, -0.25) is 9.36 Å². The maximum Gasteiger partial charge on any atom is 0.417 e. The lowest BCUT2D eigenvalue weighted by molar-refractivity contribution is -0.137. The molecule has 0 bridgehead atoms. The van der Waals surface area contributed by atoms with Gasteiger partial charge in [0.05, 0.1) is 23.7 Å². The SMILES string of the molecule is O=C([C@H]1CCCc2nn(Cc3ccc(Cl)c(C(F)(F)F)c3)c(=O)n21)N1CCC(F)(F)C1. The second kappa shape index (κ2) is 7.61. The maximum absolute atomic E-state index is 13.5. The second-order valence-corrected chi connectivity index (χ2v) is 8.22. The van der Waals surface area contributed by atoms with E-state index in [0.29, 0.717) is 25.1 Å². The number of hydrogen-bond donors (Lipinski definition) is 0. The average molecular weight is 465 g/mol. The Balaban J connectivity index is 1.62. The van der Waals surface area contributed by atoms with Gasteiger partial charge in [0, 0.05) is 19.4 Å². The summed E-state index contributed by atoms with van der Waals surface area (Å²) in [6, 6.07) is 2.36. The van der Waals surface area contributed by atoms with E-state index in [1.165, 1.54) is 10.6 Å². The van der Waals surface area contributed by atoms with E-state index < -0.39 is 53.3 Å². The fraction of sp³-hybridized carbons (Fsp3) is 0.526. The molecule has 31 heavy (non-hydrogen) atoms. The van der Waals surface area contributed by atoms with Crippen molar-refractivity contribution in [2.45, 2.75) is 50.4 Å². The average Bonchev–Trinajstić information content (AvgIpc) is 3.21. The van der Waals surface area contributed by atoms with Crippen molar-refractivity contribution in [3.8, 4) is 0 Å². The molecule has 2 aliphatic heterocycles. The van der Waals surface area contributed by atoms with Crippen LogP contribution in [0.5, 0.6) is 0 Å². The lowest BCUT2D eigenvalue weighted by Gasteiger charge is -2.27. The summed E-state index contributed by atoms with van der Waals surface area (Å²) in [5.74, 6) is -3.20. The number of rotatable bonds is 3. The Hall–Kier alpha value is -2.43. The van der Waals surface area contributed by atoms with E-state index in [4.69, 9.17) is 11.6 Å². The van der Waals surface area contributed by atoms with Gasteiger partial charge in [-0.05, 0) is 30.5 Å². The van der Waals surface area contributed by atoms with Crippen molar-refractivity contribution < 1.29 is 26.7 Å². The molecule has 4 rings (SSSR count). The van der Waals surface area contributed by atoms with E-state index in [0.717, 1.165) is 21.7 Å². The van der Waals surface area contributed by atoms with Gasteiger partial charge >= 0.3 is 11.9 Å². The van der Waals surface area contributed by atoms with Gasteiger partial charge in [0.1, 0.15) is 11.9 Å². The summed E-state index contributed by atoms with van der Waals surface area (Å²) >= 11 is 5.63. The number of aromatic nitrogens is 3. The number of halogens is 6. The Morgan fingerprint density at radius 3 is 2.68 bits per heavy atom. The second-order valence-electron chi connectivity index (χ2n) is 7.81. The summed E-state index contributed by atoms with van der Waals surface area (Å²) < 4.78 is 68.5. The third-order valence-corrected chi connectivity index (χ3v) is 5.90. The number of carbonyl (C=O) groups excluding carboxylic acids is 1. The highest BCUT2D eigenvalue weighted by atomic mass is 35.5. The van der Waals surface area contributed by atoms with Crippen LogP contribution in [-0.4, -0.2) is 44.2 Å². The highest BCUT2D eigenvalue weighted by Crippen LogP contribution is 2.35. The highest BCUT2D eigenvalue weighted by Gasteiger charge is 2.43. The molecule has 1 aromatic carbocycles. The Morgan fingerprint density at radius 1 is 1.29 bits per heavy atom. The van der Waals surface area contributed by atoms with Crippen molar-refractivity contribution in [3.05, 3.63) is 50.7 Å². The molecule has 0 saturated carbocycles. The van der Waals surface area contributed by atoms with Crippen LogP contribution in [0.4, 0.5) is 22.0 Å². The molecule has 168 valence electrons. The van der Waals surface area contributed by atoms with Crippen LogP contribution < -0.4 is 5.69 Å². The first kappa shape index (κ1) is 21.8. The summed E-state index contributed by atoms with van der Waals surface area (Å²) in [7, 11) is 0. The van der Waals surface area contributed by atoms with Crippen LogP contribution in [0.15, 0.2) is 23.0 Å². The lowest BCUT2D eigenvalue weighted by atomic mass is 10.0. The molecule has 3 heterocycles. The number of nitrogens with zero attached hydrogens (tertiary/aromatic N) is 4. The first-order chi connectivity index (χ1) is 14.5. The summed E-state index contributed by atoms with van der Waals surface area (Å²) in [6.07, 6.45) is -3.84. The highest BCUT2D eigenvalue weighted by molar-refractivity contribution is 6.31. The minimum Gasteiger partial charge on any atom is -0.335 e. The molecule has 0 radical (unpaired) electrons. The predicted molar refractivity (Wildman–Crippen MR) is 100 cm³/mol. The molecule has 6 nitrogen and oxygen atoms in total. The third-order valence-electron chi connectivity index (χ3n) is 5.57. The number of benzene rings is 1. The van der Waals surface area contributed by atoms with E-state index in [2.05, 4.69) is 5.10 Å². The minimum atomic E-state index is -4.65. The van der Waals surface area contributed by atoms with E-state index in [1.54, 1.807) is 0 Å². The number of alkyl halides is 5. The van der Waals surface area contributed by atoms with Gasteiger partial charge in [0.15, 0.2) is 0 Å². The zero-order chi connectivity index (χ0) is 22.6. The molecule has 1 amide bonds. The topological polar surface area (TPSA) is 60.1 Å². The molecule has 1 aromatic heterocycles. The molecule has 0 N–H and O–H groups in total. The Bertz CT molecular complexity index is 1080. The van der Waals surface area contributed by atoms with Crippen LogP contribution in [0.1, 0.15) is 42.3 Å². The molecular weight excluding hydrogens is 447 g/mol. The van der Waals surface area contributed by atoms with Crippen LogP contribution in [0.3, 0.4) is 0 Å².